The first-order chi connectivity index (χ1) is 12.0. The zero-order valence-electron chi connectivity index (χ0n) is 13.8. The van der Waals surface area contributed by atoms with Crippen LogP contribution in [0.15, 0.2) is 24.3 Å². The quantitative estimate of drug-likeness (QED) is 0.838. The molecular formula is C18H21ClN2O4. The van der Waals surface area contributed by atoms with Crippen LogP contribution in [-0.2, 0) is 14.4 Å². The number of amides is 2. The number of halogens is 1. The molecule has 0 aromatic heterocycles. The van der Waals surface area contributed by atoms with Crippen molar-refractivity contribution < 1.29 is 19.5 Å². The van der Waals surface area contributed by atoms with E-state index >= 15 is 0 Å². The Hall–Kier alpha value is -2.08. The summed E-state index contributed by atoms with van der Waals surface area (Å²) in [6.07, 6.45) is 3.08. The number of rotatable bonds is 5. The lowest BCUT2D eigenvalue weighted by Gasteiger charge is -2.32. The summed E-state index contributed by atoms with van der Waals surface area (Å²) in [4.78, 5) is 37.9. The Morgan fingerprint density at radius 3 is 2.16 bits per heavy atom. The molecule has 3 rings (SSSR count). The molecule has 1 aromatic rings. The molecule has 1 saturated carbocycles. The lowest BCUT2D eigenvalue weighted by Crippen LogP contribution is -2.45. The molecule has 0 bridgehead atoms. The minimum atomic E-state index is -1.11. The van der Waals surface area contributed by atoms with Crippen LogP contribution >= 0.6 is 11.6 Å². The summed E-state index contributed by atoms with van der Waals surface area (Å²) in [5.74, 6) is -1.27. The second kappa shape index (κ2) is 7.44. The molecule has 1 aliphatic heterocycles. The van der Waals surface area contributed by atoms with Crippen molar-refractivity contribution >= 4 is 29.4 Å². The maximum absolute atomic E-state index is 12.5. The molecule has 6 nitrogen and oxygen atoms in total. The van der Waals surface area contributed by atoms with Crippen LogP contribution in [0.4, 0.5) is 0 Å². The number of carbonyl (C=O) groups excluding carboxylic acids is 2. The smallest absolute Gasteiger partial charge is 0.330 e. The van der Waals surface area contributed by atoms with Gasteiger partial charge in [-0.2, -0.15) is 0 Å². The number of carboxylic acids is 1. The number of piperidine rings is 1. The second-order valence-corrected chi connectivity index (χ2v) is 7.14. The first-order valence-corrected chi connectivity index (χ1v) is 8.91. The first kappa shape index (κ1) is 17.7. The van der Waals surface area contributed by atoms with Gasteiger partial charge in [0.25, 0.3) is 0 Å². The highest BCUT2D eigenvalue weighted by Gasteiger charge is 2.36. The molecular weight excluding hydrogens is 344 g/mol. The molecule has 1 aliphatic carbocycles. The van der Waals surface area contributed by atoms with Gasteiger partial charge in [0.2, 0.25) is 11.8 Å². The molecule has 2 amide bonds. The van der Waals surface area contributed by atoms with Crippen molar-refractivity contribution in [1.29, 1.82) is 0 Å². The lowest BCUT2D eigenvalue weighted by atomic mass is 9.94. The minimum absolute atomic E-state index is 0.187. The van der Waals surface area contributed by atoms with Crippen LogP contribution < -0.4 is 5.32 Å². The normalized spacial score (nSPS) is 19.3. The summed E-state index contributed by atoms with van der Waals surface area (Å²) in [6, 6.07) is 5.29. The summed E-state index contributed by atoms with van der Waals surface area (Å²) in [5.41, 5.74) is 0.478. The van der Waals surface area contributed by atoms with Crippen molar-refractivity contribution in [3.05, 3.63) is 34.9 Å². The predicted octanol–water partition coefficient (Wildman–Crippen LogP) is 2.23. The van der Waals surface area contributed by atoms with Crippen LogP contribution in [0.3, 0.4) is 0 Å². The number of likely N-dealkylation sites (tertiary alicyclic amines) is 1. The maximum Gasteiger partial charge on any atom is 0.330 e. The van der Waals surface area contributed by atoms with E-state index in [2.05, 4.69) is 5.32 Å². The molecule has 0 unspecified atom stereocenters. The van der Waals surface area contributed by atoms with E-state index in [0.717, 1.165) is 12.8 Å². The van der Waals surface area contributed by atoms with Crippen molar-refractivity contribution in [2.24, 2.45) is 11.8 Å². The van der Waals surface area contributed by atoms with Crippen molar-refractivity contribution in [1.82, 2.24) is 10.2 Å². The summed E-state index contributed by atoms with van der Waals surface area (Å²) in [6.45, 7) is 1.12. The van der Waals surface area contributed by atoms with E-state index in [0.29, 0.717) is 36.5 Å². The van der Waals surface area contributed by atoms with E-state index in [1.54, 1.807) is 24.3 Å². The van der Waals surface area contributed by atoms with E-state index in [-0.39, 0.29) is 23.7 Å². The molecule has 7 heteroatoms. The van der Waals surface area contributed by atoms with Gasteiger partial charge >= 0.3 is 5.97 Å². The molecule has 1 heterocycles. The molecule has 25 heavy (non-hydrogen) atoms. The molecule has 2 aliphatic rings. The Bertz CT molecular complexity index is 664. The highest BCUT2D eigenvalue weighted by molar-refractivity contribution is 6.30. The maximum atomic E-state index is 12.5. The Labute approximate surface area is 151 Å². The number of nitrogens with one attached hydrogen (secondary N) is 1. The largest absolute Gasteiger partial charge is 0.479 e. The van der Waals surface area contributed by atoms with E-state index in [1.807, 2.05) is 4.90 Å². The number of benzene rings is 1. The van der Waals surface area contributed by atoms with Crippen LogP contribution in [0, 0.1) is 11.8 Å². The molecule has 0 radical (unpaired) electrons. The number of nitrogens with zero attached hydrogens (tertiary/aromatic N) is 1. The third-order valence-corrected chi connectivity index (χ3v) is 5.09. The van der Waals surface area contributed by atoms with Crippen molar-refractivity contribution in [2.45, 2.75) is 31.7 Å². The first-order valence-electron chi connectivity index (χ1n) is 8.53. The fraction of sp³-hybridized carbons (Fsp3) is 0.500. The van der Waals surface area contributed by atoms with Crippen LogP contribution in [0.1, 0.15) is 37.3 Å². The predicted molar refractivity (Wildman–Crippen MR) is 92.0 cm³/mol. The molecule has 1 aromatic carbocycles. The fourth-order valence-electron chi connectivity index (χ4n) is 3.15. The van der Waals surface area contributed by atoms with Gasteiger partial charge in [0.05, 0.1) is 0 Å². The average molecular weight is 365 g/mol. The molecule has 2 N–H and O–H groups in total. The monoisotopic (exact) mass is 364 g/mol. The van der Waals surface area contributed by atoms with E-state index in [1.165, 1.54) is 0 Å². The standard InChI is InChI=1S/C18H21ClN2O4/c19-14-5-3-11(4-6-14)15(18(24)25)20-16(22)12-7-9-21(10-8-12)17(23)13-1-2-13/h3-6,12-13,15H,1-2,7-10H2,(H,20,22)(H,24,25)/t15-/m0/s1. The Morgan fingerprint density at radius 1 is 1.04 bits per heavy atom. The van der Waals surface area contributed by atoms with Gasteiger partial charge in [-0.15, -0.1) is 0 Å². The summed E-state index contributed by atoms with van der Waals surface area (Å²) >= 11 is 5.82. The van der Waals surface area contributed by atoms with Crippen molar-refractivity contribution in [3.63, 3.8) is 0 Å². The van der Waals surface area contributed by atoms with Crippen LogP contribution in [0.5, 0.6) is 0 Å². The summed E-state index contributed by atoms with van der Waals surface area (Å²) in [5, 5.41) is 12.5. The SMILES string of the molecule is O=C(N[C@H](C(=O)O)c1ccc(Cl)cc1)C1CCN(C(=O)C2CC2)CC1. The summed E-state index contributed by atoms with van der Waals surface area (Å²) < 4.78 is 0. The van der Waals surface area contributed by atoms with Crippen LogP contribution in [0.25, 0.3) is 0 Å². The van der Waals surface area contributed by atoms with Gasteiger partial charge in [-0.1, -0.05) is 23.7 Å². The van der Waals surface area contributed by atoms with Gasteiger partial charge in [0, 0.05) is 29.9 Å². The van der Waals surface area contributed by atoms with Gasteiger partial charge in [-0.05, 0) is 43.4 Å². The van der Waals surface area contributed by atoms with E-state index in [9.17, 15) is 19.5 Å². The summed E-state index contributed by atoms with van der Waals surface area (Å²) in [7, 11) is 0. The highest BCUT2D eigenvalue weighted by Crippen LogP contribution is 2.32. The zero-order valence-corrected chi connectivity index (χ0v) is 14.5. The van der Waals surface area contributed by atoms with Gasteiger partial charge in [0.1, 0.15) is 0 Å². The minimum Gasteiger partial charge on any atom is -0.479 e. The zero-order chi connectivity index (χ0) is 18.0. The average Bonchev–Trinajstić information content (AvgIpc) is 3.45. The van der Waals surface area contributed by atoms with Gasteiger partial charge in [0.15, 0.2) is 6.04 Å². The Kier molecular flexibility index (Phi) is 5.27. The number of carboxylic acid groups (broad SMARTS) is 1. The van der Waals surface area contributed by atoms with Crippen LogP contribution in [-0.4, -0.2) is 40.9 Å². The van der Waals surface area contributed by atoms with Crippen molar-refractivity contribution in [3.8, 4) is 0 Å². The molecule has 134 valence electrons. The number of hydrogen-bond donors (Lipinski definition) is 2. The molecule has 0 spiro atoms. The fourth-order valence-corrected chi connectivity index (χ4v) is 3.28. The van der Waals surface area contributed by atoms with Gasteiger partial charge in [-0.25, -0.2) is 4.79 Å². The van der Waals surface area contributed by atoms with Crippen LogP contribution in [0.2, 0.25) is 5.02 Å². The second-order valence-electron chi connectivity index (χ2n) is 6.71. The molecule has 1 saturated heterocycles. The lowest BCUT2D eigenvalue weighted by molar-refractivity contribution is -0.143. The third-order valence-electron chi connectivity index (χ3n) is 4.84. The third kappa shape index (κ3) is 4.31. The molecule has 2 fully saturated rings. The topological polar surface area (TPSA) is 86.7 Å². The van der Waals surface area contributed by atoms with E-state index in [4.69, 9.17) is 11.6 Å². The van der Waals surface area contributed by atoms with Gasteiger partial charge < -0.3 is 15.3 Å². The number of aliphatic carboxylic acids is 1. The Balaban J connectivity index is 1.57. The Morgan fingerprint density at radius 2 is 1.64 bits per heavy atom. The highest BCUT2D eigenvalue weighted by atomic mass is 35.5. The van der Waals surface area contributed by atoms with E-state index < -0.39 is 12.0 Å². The van der Waals surface area contributed by atoms with Gasteiger partial charge in [-0.3, -0.25) is 9.59 Å². The van der Waals surface area contributed by atoms with Crippen molar-refractivity contribution in [2.75, 3.05) is 13.1 Å². The molecule has 1 atom stereocenters. The number of carbonyl (C=O) groups is 3. The number of hydrogen-bond acceptors (Lipinski definition) is 3.